The second kappa shape index (κ2) is 7.13. The minimum Gasteiger partial charge on any atom is -0.365 e. The van der Waals surface area contributed by atoms with Crippen LogP contribution in [-0.2, 0) is 12.8 Å². The minimum absolute atomic E-state index is 0.339. The number of aryl methyl sites for hydroxylation is 1. The van der Waals surface area contributed by atoms with E-state index < -0.39 is 5.91 Å². The van der Waals surface area contributed by atoms with E-state index in [0.29, 0.717) is 26.2 Å². The van der Waals surface area contributed by atoms with Gasteiger partial charge in [-0.05, 0) is 49.4 Å². The van der Waals surface area contributed by atoms with Gasteiger partial charge in [0, 0.05) is 20.5 Å². The lowest BCUT2D eigenvalue weighted by Gasteiger charge is -2.07. The quantitative estimate of drug-likeness (QED) is 0.756. The number of hydrogen-bond donors (Lipinski definition) is 2. The number of carbonyl (C=O) groups excluding carboxylic acids is 2. The van der Waals surface area contributed by atoms with Crippen molar-refractivity contribution < 1.29 is 9.59 Å². The van der Waals surface area contributed by atoms with Crippen LogP contribution in [0.4, 0.5) is 5.00 Å². The molecule has 7 heteroatoms. The van der Waals surface area contributed by atoms with E-state index in [4.69, 9.17) is 28.9 Å². The number of fused-ring (bicyclic) bond motifs is 1. The van der Waals surface area contributed by atoms with Crippen molar-refractivity contribution in [1.82, 2.24) is 0 Å². The highest BCUT2D eigenvalue weighted by Crippen LogP contribution is 2.37. The van der Waals surface area contributed by atoms with Gasteiger partial charge in [-0.25, -0.2) is 0 Å². The summed E-state index contributed by atoms with van der Waals surface area (Å²) in [4.78, 5) is 25.6. The summed E-state index contributed by atoms with van der Waals surface area (Å²) in [5, 5.41) is 4.07. The number of nitrogens with two attached hydrogens (primary N) is 1. The van der Waals surface area contributed by atoms with E-state index in [1.165, 1.54) is 23.5 Å². The van der Waals surface area contributed by atoms with E-state index in [1.54, 1.807) is 6.07 Å². The van der Waals surface area contributed by atoms with Gasteiger partial charge in [-0.2, -0.15) is 0 Å². The van der Waals surface area contributed by atoms with Gasteiger partial charge < -0.3 is 11.1 Å². The Morgan fingerprint density at radius 3 is 2.38 bits per heavy atom. The third-order valence-electron chi connectivity index (χ3n) is 4.02. The molecular formula is C17H16Cl2N2O2S. The number of benzene rings is 1. The van der Waals surface area contributed by atoms with E-state index in [2.05, 4.69) is 5.32 Å². The van der Waals surface area contributed by atoms with Crippen LogP contribution in [0.15, 0.2) is 18.2 Å². The molecule has 1 aliphatic carbocycles. The van der Waals surface area contributed by atoms with Crippen LogP contribution in [0, 0.1) is 0 Å². The molecule has 24 heavy (non-hydrogen) atoms. The summed E-state index contributed by atoms with van der Waals surface area (Å²) in [5.74, 6) is -0.868. The minimum atomic E-state index is -0.506. The van der Waals surface area contributed by atoms with Gasteiger partial charge in [0.15, 0.2) is 0 Å². The predicted molar refractivity (Wildman–Crippen MR) is 98.5 cm³/mol. The zero-order valence-electron chi connectivity index (χ0n) is 12.8. The zero-order chi connectivity index (χ0) is 17.3. The van der Waals surface area contributed by atoms with E-state index in [1.807, 2.05) is 0 Å². The van der Waals surface area contributed by atoms with Gasteiger partial charge in [0.2, 0.25) is 0 Å². The molecule has 3 rings (SSSR count). The highest BCUT2D eigenvalue weighted by Gasteiger charge is 2.24. The number of primary amides is 1. The highest BCUT2D eigenvalue weighted by atomic mass is 35.5. The normalized spacial score (nSPS) is 13.9. The highest BCUT2D eigenvalue weighted by molar-refractivity contribution is 7.17. The molecule has 0 aliphatic heterocycles. The van der Waals surface area contributed by atoms with Crippen LogP contribution >= 0.6 is 34.5 Å². The molecule has 0 bridgehead atoms. The molecule has 0 spiro atoms. The molecule has 2 amide bonds. The summed E-state index contributed by atoms with van der Waals surface area (Å²) in [6.45, 7) is 0. The molecule has 0 radical (unpaired) electrons. The Morgan fingerprint density at radius 2 is 1.71 bits per heavy atom. The van der Waals surface area contributed by atoms with Gasteiger partial charge in [0.1, 0.15) is 5.00 Å². The largest absolute Gasteiger partial charge is 0.365 e. The lowest BCUT2D eigenvalue weighted by Crippen LogP contribution is -2.18. The van der Waals surface area contributed by atoms with Crippen LogP contribution in [0.25, 0.3) is 0 Å². The number of nitrogens with one attached hydrogen (secondary N) is 1. The second-order valence-electron chi connectivity index (χ2n) is 5.75. The third kappa shape index (κ3) is 3.58. The molecule has 0 fully saturated rings. The van der Waals surface area contributed by atoms with Crippen LogP contribution in [0.2, 0.25) is 10.0 Å². The summed E-state index contributed by atoms with van der Waals surface area (Å²) >= 11 is 13.3. The predicted octanol–water partition coefficient (Wildman–Crippen LogP) is 4.68. The molecule has 0 saturated heterocycles. The van der Waals surface area contributed by atoms with Crippen molar-refractivity contribution in [3.05, 3.63) is 49.8 Å². The van der Waals surface area contributed by atoms with E-state index in [9.17, 15) is 9.59 Å². The summed E-state index contributed by atoms with van der Waals surface area (Å²) in [5.41, 5.74) is 7.34. The van der Waals surface area contributed by atoms with Crippen LogP contribution in [0.3, 0.4) is 0 Å². The zero-order valence-corrected chi connectivity index (χ0v) is 15.2. The number of rotatable bonds is 3. The third-order valence-corrected chi connectivity index (χ3v) is 5.66. The van der Waals surface area contributed by atoms with Crippen molar-refractivity contribution >= 4 is 51.4 Å². The molecule has 0 saturated carbocycles. The van der Waals surface area contributed by atoms with Crippen molar-refractivity contribution in [2.75, 3.05) is 5.32 Å². The Hall–Kier alpha value is -1.56. The summed E-state index contributed by atoms with van der Waals surface area (Å²) in [6.07, 6.45) is 4.99. The van der Waals surface area contributed by atoms with Crippen molar-refractivity contribution in [2.24, 2.45) is 5.73 Å². The molecule has 0 atom stereocenters. The summed E-state index contributed by atoms with van der Waals surface area (Å²) in [7, 11) is 0. The first-order valence-electron chi connectivity index (χ1n) is 7.67. The van der Waals surface area contributed by atoms with E-state index in [-0.39, 0.29) is 5.91 Å². The van der Waals surface area contributed by atoms with Gasteiger partial charge >= 0.3 is 0 Å². The average Bonchev–Trinajstić information content (AvgIpc) is 2.68. The SMILES string of the molecule is NC(=O)c1c(NC(=O)c2cc(Cl)cc(Cl)c2)sc2c1CCCCC2. The summed E-state index contributed by atoms with van der Waals surface area (Å²) in [6, 6.07) is 4.62. The molecule has 0 unspecified atom stereocenters. The van der Waals surface area contributed by atoms with Crippen LogP contribution in [-0.4, -0.2) is 11.8 Å². The molecule has 2 aromatic rings. The number of amides is 2. The van der Waals surface area contributed by atoms with Gasteiger partial charge in [-0.1, -0.05) is 29.6 Å². The number of halogens is 2. The summed E-state index contributed by atoms with van der Waals surface area (Å²) < 4.78 is 0. The lowest BCUT2D eigenvalue weighted by molar-refractivity contribution is 0.100. The molecule has 126 valence electrons. The van der Waals surface area contributed by atoms with Crippen molar-refractivity contribution in [3.8, 4) is 0 Å². The smallest absolute Gasteiger partial charge is 0.256 e. The monoisotopic (exact) mass is 382 g/mol. The van der Waals surface area contributed by atoms with Crippen molar-refractivity contribution in [3.63, 3.8) is 0 Å². The first-order chi connectivity index (χ1) is 11.5. The first kappa shape index (κ1) is 17.3. The molecule has 1 aromatic carbocycles. The Kier molecular flexibility index (Phi) is 5.13. The molecule has 4 nitrogen and oxygen atoms in total. The molecule has 3 N–H and O–H groups in total. The standard InChI is InChI=1S/C17H16Cl2N2O2S/c18-10-6-9(7-11(19)8-10)16(23)21-17-14(15(20)22)12-4-2-1-3-5-13(12)24-17/h6-8H,1-5H2,(H2,20,22)(H,21,23). The number of hydrogen-bond acceptors (Lipinski definition) is 3. The Balaban J connectivity index is 1.94. The maximum Gasteiger partial charge on any atom is 0.256 e. The molecule has 1 aromatic heterocycles. The van der Waals surface area contributed by atoms with Gasteiger partial charge in [0.05, 0.1) is 5.56 Å². The molecule has 1 aliphatic rings. The second-order valence-corrected chi connectivity index (χ2v) is 7.72. The van der Waals surface area contributed by atoms with Crippen LogP contribution < -0.4 is 11.1 Å². The van der Waals surface area contributed by atoms with Crippen molar-refractivity contribution in [2.45, 2.75) is 32.1 Å². The Morgan fingerprint density at radius 1 is 1.04 bits per heavy atom. The number of anilines is 1. The molecule has 1 heterocycles. The van der Waals surface area contributed by atoms with E-state index in [0.717, 1.165) is 42.5 Å². The van der Waals surface area contributed by atoms with Crippen LogP contribution in [0.1, 0.15) is 50.4 Å². The maximum absolute atomic E-state index is 12.5. The van der Waals surface area contributed by atoms with Gasteiger partial charge in [0.25, 0.3) is 11.8 Å². The first-order valence-corrected chi connectivity index (χ1v) is 9.24. The fourth-order valence-corrected chi connectivity index (χ4v) is 4.77. The number of thiophene rings is 1. The lowest BCUT2D eigenvalue weighted by atomic mass is 10.1. The maximum atomic E-state index is 12.5. The van der Waals surface area contributed by atoms with Gasteiger partial charge in [-0.3, -0.25) is 9.59 Å². The van der Waals surface area contributed by atoms with E-state index >= 15 is 0 Å². The molecular weight excluding hydrogens is 367 g/mol. The fraction of sp³-hybridized carbons (Fsp3) is 0.294. The number of carbonyl (C=O) groups is 2. The average molecular weight is 383 g/mol. The topological polar surface area (TPSA) is 72.2 Å². The van der Waals surface area contributed by atoms with Crippen molar-refractivity contribution in [1.29, 1.82) is 0 Å². The fourth-order valence-electron chi connectivity index (χ4n) is 2.95. The van der Waals surface area contributed by atoms with Crippen LogP contribution in [0.5, 0.6) is 0 Å². The van der Waals surface area contributed by atoms with Gasteiger partial charge in [-0.15, -0.1) is 11.3 Å². The Labute approximate surface area is 153 Å². The Bertz CT molecular complexity index is 797.